The molecule has 0 radical (unpaired) electrons. The van der Waals surface area contributed by atoms with Gasteiger partial charge in [0.15, 0.2) is 0 Å². The third-order valence-corrected chi connectivity index (χ3v) is 1.65. The molecule has 92 valence electrons. The van der Waals surface area contributed by atoms with E-state index < -0.39 is 5.09 Å². The molecule has 0 aliphatic rings. The maximum atomic E-state index is 8.36. The van der Waals surface area contributed by atoms with E-state index in [1.165, 1.54) is 25.9 Å². The van der Waals surface area contributed by atoms with Gasteiger partial charge in [0, 0.05) is 13.1 Å². The van der Waals surface area contributed by atoms with Crippen molar-refractivity contribution >= 4 is 0 Å². The van der Waals surface area contributed by atoms with E-state index in [4.69, 9.17) is 21.2 Å². The molecular weight excluding hydrogens is 200 g/mol. The van der Waals surface area contributed by atoms with Crippen molar-refractivity contribution < 1.29 is 10.3 Å². The fourth-order valence-corrected chi connectivity index (χ4v) is 1.19. The van der Waals surface area contributed by atoms with Crippen LogP contribution in [-0.4, -0.2) is 41.4 Å². The van der Waals surface area contributed by atoms with Crippen LogP contribution in [0.15, 0.2) is 0 Å². The molecule has 0 bridgehead atoms. The Balaban J connectivity index is 0. The molecule has 7 heteroatoms. The van der Waals surface area contributed by atoms with Crippen molar-refractivity contribution in [2.45, 2.75) is 26.7 Å². The molecule has 0 aliphatic carbocycles. The Bertz CT molecular complexity index is 136. The average Bonchev–Trinajstić information content (AvgIpc) is 2.14. The fraction of sp³-hybridized carbons (Fsp3) is 1.00. The van der Waals surface area contributed by atoms with Crippen LogP contribution >= 0.6 is 0 Å². The Morgan fingerprint density at radius 2 is 1.73 bits per heavy atom. The number of rotatable bonds is 7. The van der Waals surface area contributed by atoms with Crippen LogP contribution in [-0.2, 0) is 0 Å². The lowest BCUT2D eigenvalue weighted by Crippen LogP contribution is -2.35. The highest BCUT2D eigenvalue weighted by Gasteiger charge is 1.99. The number of hydrogen-bond acceptors (Lipinski definition) is 5. The van der Waals surface area contributed by atoms with E-state index in [1.54, 1.807) is 0 Å². The minimum Gasteiger partial charge on any atom is -0.328 e. The Morgan fingerprint density at radius 1 is 1.33 bits per heavy atom. The molecule has 15 heavy (non-hydrogen) atoms. The Hall–Kier alpha value is -0.920. The number of hydrogen-bond donors (Lipinski definition) is 3. The van der Waals surface area contributed by atoms with Gasteiger partial charge in [0.2, 0.25) is 0 Å². The zero-order valence-electron chi connectivity index (χ0n) is 9.48. The molecular formula is C8H22N4O3. The number of nitrogens with two attached hydrogens (primary N) is 1. The molecule has 0 aliphatic heterocycles. The SMILES string of the molecule is CCCN(CCC)CCNN.O=[N+]([O-])O. The van der Waals surface area contributed by atoms with Gasteiger partial charge < -0.3 is 10.1 Å². The zero-order valence-corrected chi connectivity index (χ0v) is 9.48. The van der Waals surface area contributed by atoms with E-state index >= 15 is 0 Å². The van der Waals surface area contributed by atoms with Gasteiger partial charge in [-0.05, 0) is 25.9 Å². The van der Waals surface area contributed by atoms with Crippen LogP contribution in [0.4, 0.5) is 0 Å². The summed E-state index contributed by atoms with van der Waals surface area (Å²) in [5.41, 5.74) is 2.67. The Kier molecular flexibility index (Phi) is 14.4. The topological polar surface area (TPSA) is 105 Å². The molecule has 4 N–H and O–H groups in total. The van der Waals surface area contributed by atoms with E-state index in [1.807, 2.05) is 0 Å². The van der Waals surface area contributed by atoms with Crippen LogP contribution < -0.4 is 11.3 Å². The van der Waals surface area contributed by atoms with E-state index in [-0.39, 0.29) is 0 Å². The molecule has 7 nitrogen and oxygen atoms in total. The lowest BCUT2D eigenvalue weighted by Gasteiger charge is -2.20. The molecule has 0 saturated carbocycles. The molecule has 0 aromatic rings. The van der Waals surface area contributed by atoms with E-state index in [0.29, 0.717) is 0 Å². The van der Waals surface area contributed by atoms with Gasteiger partial charge >= 0.3 is 0 Å². The zero-order chi connectivity index (χ0) is 12.1. The lowest BCUT2D eigenvalue weighted by atomic mass is 10.3. The molecule has 0 amide bonds. The first-order chi connectivity index (χ1) is 7.08. The van der Waals surface area contributed by atoms with Gasteiger partial charge in [0.1, 0.15) is 0 Å². The van der Waals surface area contributed by atoms with Crippen LogP contribution in [0.5, 0.6) is 0 Å². The van der Waals surface area contributed by atoms with Gasteiger partial charge in [-0.15, -0.1) is 10.1 Å². The number of hydrazine groups is 1. The summed E-state index contributed by atoms with van der Waals surface area (Å²) in [7, 11) is 0. The quantitative estimate of drug-likeness (QED) is 0.323. The molecule has 0 fully saturated rings. The summed E-state index contributed by atoms with van der Waals surface area (Å²) in [6, 6.07) is 0. The van der Waals surface area contributed by atoms with Gasteiger partial charge in [-0.3, -0.25) is 11.3 Å². The van der Waals surface area contributed by atoms with Gasteiger partial charge in [0.05, 0.1) is 0 Å². The third kappa shape index (κ3) is 19.5. The normalized spacial score (nSPS) is 9.60. The lowest BCUT2D eigenvalue weighted by molar-refractivity contribution is -0.742. The monoisotopic (exact) mass is 222 g/mol. The first kappa shape index (κ1) is 16.5. The maximum absolute atomic E-state index is 8.36. The summed E-state index contributed by atoms with van der Waals surface area (Å²) in [6.07, 6.45) is 2.45. The van der Waals surface area contributed by atoms with Gasteiger partial charge in [-0.2, -0.15) is 0 Å². The molecule has 0 aromatic carbocycles. The highest BCUT2D eigenvalue weighted by molar-refractivity contribution is 4.56. The average molecular weight is 222 g/mol. The second-order valence-electron chi connectivity index (χ2n) is 3.03. The molecule has 0 unspecified atom stereocenters. The van der Waals surface area contributed by atoms with Crippen LogP contribution in [0.1, 0.15) is 26.7 Å². The van der Waals surface area contributed by atoms with Crippen LogP contribution in [0.25, 0.3) is 0 Å². The Morgan fingerprint density at radius 3 is 2.00 bits per heavy atom. The van der Waals surface area contributed by atoms with Crippen molar-refractivity contribution in [3.05, 3.63) is 10.1 Å². The number of nitrogens with zero attached hydrogens (tertiary/aromatic N) is 2. The molecule has 0 spiro atoms. The van der Waals surface area contributed by atoms with E-state index in [9.17, 15) is 0 Å². The second-order valence-corrected chi connectivity index (χ2v) is 3.03. The molecule has 0 rings (SSSR count). The smallest absolute Gasteiger partial charge is 0.291 e. The van der Waals surface area contributed by atoms with Crippen molar-refractivity contribution in [3.63, 3.8) is 0 Å². The van der Waals surface area contributed by atoms with Crippen molar-refractivity contribution in [2.24, 2.45) is 5.84 Å². The van der Waals surface area contributed by atoms with Gasteiger partial charge in [0.25, 0.3) is 5.09 Å². The summed E-state index contributed by atoms with van der Waals surface area (Å²) in [5, 5.41) is 13.6. The summed E-state index contributed by atoms with van der Waals surface area (Å²) in [6.45, 7) is 8.75. The number of nitrogens with one attached hydrogen (secondary N) is 1. The van der Waals surface area contributed by atoms with Crippen LogP contribution in [0.3, 0.4) is 0 Å². The third-order valence-electron chi connectivity index (χ3n) is 1.65. The van der Waals surface area contributed by atoms with Crippen molar-refractivity contribution in [1.29, 1.82) is 0 Å². The van der Waals surface area contributed by atoms with Crippen molar-refractivity contribution in [1.82, 2.24) is 10.3 Å². The van der Waals surface area contributed by atoms with E-state index in [2.05, 4.69) is 24.2 Å². The molecule has 0 aromatic heterocycles. The van der Waals surface area contributed by atoms with Gasteiger partial charge in [-0.25, -0.2) is 0 Å². The second kappa shape index (κ2) is 13.1. The van der Waals surface area contributed by atoms with Crippen molar-refractivity contribution in [3.8, 4) is 0 Å². The van der Waals surface area contributed by atoms with E-state index in [0.717, 1.165) is 13.1 Å². The van der Waals surface area contributed by atoms with Gasteiger partial charge in [-0.1, -0.05) is 13.8 Å². The summed E-state index contributed by atoms with van der Waals surface area (Å²) < 4.78 is 0. The first-order valence-electron chi connectivity index (χ1n) is 5.07. The largest absolute Gasteiger partial charge is 0.328 e. The predicted molar refractivity (Wildman–Crippen MR) is 58.0 cm³/mol. The van der Waals surface area contributed by atoms with Crippen LogP contribution in [0.2, 0.25) is 0 Å². The summed E-state index contributed by atoms with van der Waals surface area (Å²) in [5.74, 6) is 5.19. The molecule has 0 saturated heterocycles. The van der Waals surface area contributed by atoms with Crippen LogP contribution in [0, 0.1) is 10.1 Å². The maximum Gasteiger partial charge on any atom is 0.291 e. The minimum absolute atomic E-state index is 0.889. The standard InChI is InChI=1S/C8H21N3.HNO3/c1-3-6-11(7-4-2)8-5-10-9;2-1(3)4/h10H,3-9H2,1-2H3;(H,2,3,4). The highest BCUT2D eigenvalue weighted by Crippen LogP contribution is 1.91. The predicted octanol–water partition coefficient (Wildman–Crippen LogP) is 0.224. The Labute approximate surface area is 90.3 Å². The molecule has 0 atom stereocenters. The minimum atomic E-state index is -1.50. The summed E-state index contributed by atoms with van der Waals surface area (Å²) in [4.78, 5) is 10.8. The van der Waals surface area contributed by atoms with Crippen molar-refractivity contribution in [2.75, 3.05) is 26.2 Å². The highest BCUT2D eigenvalue weighted by atomic mass is 16.9. The fourth-order valence-electron chi connectivity index (χ4n) is 1.19. The summed E-state index contributed by atoms with van der Waals surface area (Å²) >= 11 is 0. The molecule has 0 heterocycles. The first-order valence-corrected chi connectivity index (χ1v) is 5.07.